The van der Waals surface area contributed by atoms with Gasteiger partial charge in [0.15, 0.2) is 0 Å². The largest absolute Gasteiger partial charge is 0.347 e. The lowest BCUT2D eigenvalue weighted by molar-refractivity contribution is 1.41. The average molecular weight is 189 g/mol. The first-order valence-electron chi connectivity index (χ1n) is 4.35. The van der Waals surface area contributed by atoms with Crippen molar-refractivity contribution >= 4 is 10.9 Å². The Bertz CT molecular complexity index is 600. The summed E-state index contributed by atoms with van der Waals surface area (Å²) in [5.74, 6) is 7.72. The van der Waals surface area contributed by atoms with Crippen LogP contribution in [0.4, 0.5) is 0 Å². The van der Waals surface area contributed by atoms with Gasteiger partial charge in [-0.15, -0.1) is 19.3 Å². The number of nitrogens with one attached hydrogen (secondary N) is 1. The number of rotatable bonds is 0. The molecule has 2 rings (SSSR count). The fraction of sp³-hybridized carbons (Fsp3) is 0. The molecule has 1 N–H and O–H groups in total. The summed E-state index contributed by atoms with van der Waals surface area (Å²) in [6, 6.07) is 5.48. The SMILES string of the molecule is C#Cc1cc2c(C#C)ccc(C#C)c2[nH]1. The highest BCUT2D eigenvalue weighted by Gasteiger charge is 2.06. The van der Waals surface area contributed by atoms with Crippen LogP contribution in [0.3, 0.4) is 0 Å². The Morgan fingerprint density at radius 3 is 2.20 bits per heavy atom. The lowest BCUT2D eigenvalue weighted by Crippen LogP contribution is -1.81. The standard InChI is InChI=1S/C14H7N/c1-4-10-7-8-11(5-2)14-13(10)9-12(6-3)15-14/h1-3,7-9,15H. The molecule has 0 saturated carbocycles. The Morgan fingerprint density at radius 2 is 1.60 bits per heavy atom. The molecule has 0 aliphatic heterocycles. The quantitative estimate of drug-likeness (QED) is 0.611. The van der Waals surface area contributed by atoms with Gasteiger partial charge in [-0.2, -0.15) is 0 Å². The topological polar surface area (TPSA) is 15.8 Å². The van der Waals surface area contributed by atoms with Crippen molar-refractivity contribution in [1.29, 1.82) is 0 Å². The lowest BCUT2D eigenvalue weighted by atomic mass is 10.1. The van der Waals surface area contributed by atoms with E-state index in [2.05, 4.69) is 22.7 Å². The van der Waals surface area contributed by atoms with Crippen molar-refractivity contribution in [3.05, 3.63) is 35.0 Å². The summed E-state index contributed by atoms with van der Waals surface area (Å²) in [5, 5.41) is 0.904. The van der Waals surface area contributed by atoms with E-state index in [1.807, 2.05) is 18.2 Å². The Kier molecular flexibility index (Phi) is 1.98. The van der Waals surface area contributed by atoms with Gasteiger partial charge in [-0.05, 0) is 18.2 Å². The van der Waals surface area contributed by atoms with Crippen molar-refractivity contribution in [3.8, 4) is 37.0 Å². The second-order valence-electron chi connectivity index (χ2n) is 3.07. The number of hydrogen-bond donors (Lipinski definition) is 1. The zero-order valence-corrected chi connectivity index (χ0v) is 7.96. The van der Waals surface area contributed by atoms with Gasteiger partial charge in [0, 0.05) is 16.5 Å². The molecule has 0 unspecified atom stereocenters. The van der Waals surface area contributed by atoms with Crippen molar-refractivity contribution in [1.82, 2.24) is 4.98 Å². The molecule has 1 aromatic carbocycles. The van der Waals surface area contributed by atoms with Gasteiger partial charge >= 0.3 is 0 Å². The maximum Gasteiger partial charge on any atom is 0.0902 e. The Morgan fingerprint density at radius 1 is 0.933 bits per heavy atom. The number of aromatic nitrogens is 1. The molecule has 1 nitrogen and oxygen atoms in total. The minimum Gasteiger partial charge on any atom is -0.347 e. The minimum atomic E-state index is 0.684. The number of aromatic amines is 1. The molecule has 0 radical (unpaired) electrons. The molecular formula is C14H7N. The average Bonchev–Trinajstić information content (AvgIpc) is 2.71. The fourth-order valence-electron chi connectivity index (χ4n) is 1.54. The predicted octanol–water partition coefficient (Wildman–Crippen LogP) is 2.11. The molecule has 2 aromatic rings. The summed E-state index contributed by atoms with van der Waals surface area (Å²) in [7, 11) is 0. The zero-order chi connectivity index (χ0) is 10.8. The van der Waals surface area contributed by atoms with Crippen molar-refractivity contribution in [2.75, 3.05) is 0 Å². The number of H-pyrrole nitrogens is 1. The Balaban J connectivity index is 2.94. The number of hydrogen-bond acceptors (Lipinski definition) is 0. The number of fused-ring (bicyclic) bond motifs is 1. The first-order chi connectivity index (χ1) is 7.30. The first-order valence-corrected chi connectivity index (χ1v) is 4.35. The van der Waals surface area contributed by atoms with Gasteiger partial charge < -0.3 is 4.98 Å². The van der Waals surface area contributed by atoms with Crippen LogP contribution in [0.15, 0.2) is 18.2 Å². The van der Waals surface area contributed by atoms with Crippen LogP contribution in [0, 0.1) is 37.0 Å². The number of terminal acetylenes is 3. The summed E-state index contributed by atoms with van der Waals surface area (Å²) < 4.78 is 0. The summed E-state index contributed by atoms with van der Waals surface area (Å²) in [6.07, 6.45) is 16.1. The van der Waals surface area contributed by atoms with Gasteiger partial charge in [-0.3, -0.25) is 0 Å². The summed E-state index contributed by atoms with van der Waals surface area (Å²) in [5.41, 5.74) is 3.08. The Labute approximate surface area is 88.5 Å². The third kappa shape index (κ3) is 1.26. The third-order valence-corrected chi connectivity index (χ3v) is 2.26. The van der Waals surface area contributed by atoms with E-state index in [-0.39, 0.29) is 0 Å². The van der Waals surface area contributed by atoms with Crippen LogP contribution < -0.4 is 0 Å². The van der Waals surface area contributed by atoms with E-state index in [0.29, 0.717) is 5.69 Å². The monoisotopic (exact) mass is 189 g/mol. The fourth-order valence-corrected chi connectivity index (χ4v) is 1.54. The van der Waals surface area contributed by atoms with Gasteiger partial charge in [-0.1, -0.05) is 17.8 Å². The van der Waals surface area contributed by atoms with E-state index in [9.17, 15) is 0 Å². The molecule has 1 aromatic heterocycles. The van der Waals surface area contributed by atoms with Crippen LogP contribution in [0.5, 0.6) is 0 Å². The van der Waals surface area contributed by atoms with Gasteiger partial charge in [-0.25, -0.2) is 0 Å². The molecule has 0 atom stereocenters. The maximum atomic E-state index is 5.39. The second kappa shape index (κ2) is 3.30. The van der Waals surface area contributed by atoms with Crippen molar-refractivity contribution in [3.63, 3.8) is 0 Å². The molecule has 68 valence electrons. The van der Waals surface area contributed by atoms with Gasteiger partial charge in [0.25, 0.3) is 0 Å². The van der Waals surface area contributed by atoms with Crippen LogP contribution in [0.25, 0.3) is 10.9 Å². The van der Waals surface area contributed by atoms with E-state index < -0.39 is 0 Å². The molecule has 0 amide bonds. The molecule has 15 heavy (non-hydrogen) atoms. The maximum absolute atomic E-state index is 5.39. The highest BCUT2D eigenvalue weighted by atomic mass is 14.7. The summed E-state index contributed by atoms with van der Waals surface area (Å²) in [6.45, 7) is 0. The molecule has 1 heteroatoms. The summed E-state index contributed by atoms with van der Waals surface area (Å²) >= 11 is 0. The van der Waals surface area contributed by atoms with Gasteiger partial charge in [0.1, 0.15) is 0 Å². The third-order valence-electron chi connectivity index (χ3n) is 2.26. The van der Waals surface area contributed by atoms with E-state index in [0.717, 1.165) is 22.0 Å². The molecule has 1 heterocycles. The van der Waals surface area contributed by atoms with Crippen molar-refractivity contribution < 1.29 is 0 Å². The van der Waals surface area contributed by atoms with E-state index >= 15 is 0 Å². The first kappa shape index (κ1) is 9.01. The van der Waals surface area contributed by atoms with Crippen LogP contribution in [0.1, 0.15) is 16.8 Å². The van der Waals surface area contributed by atoms with E-state index in [1.165, 1.54) is 0 Å². The minimum absolute atomic E-state index is 0.684. The highest BCUT2D eigenvalue weighted by Crippen LogP contribution is 2.22. The van der Waals surface area contributed by atoms with Gasteiger partial charge in [0.05, 0.1) is 11.2 Å². The molecule has 0 spiro atoms. The molecule has 0 saturated heterocycles. The smallest absolute Gasteiger partial charge is 0.0902 e. The van der Waals surface area contributed by atoms with Crippen molar-refractivity contribution in [2.24, 2.45) is 0 Å². The second-order valence-corrected chi connectivity index (χ2v) is 3.07. The Hall–Kier alpha value is -2.56. The van der Waals surface area contributed by atoms with E-state index in [1.54, 1.807) is 0 Å². The van der Waals surface area contributed by atoms with Crippen LogP contribution in [-0.2, 0) is 0 Å². The number of benzene rings is 1. The highest BCUT2D eigenvalue weighted by molar-refractivity contribution is 5.91. The molecule has 0 aliphatic carbocycles. The van der Waals surface area contributed by atoms with Crippen LogP contribution in [0.2, 0.25) is 0 Å². The normalized spacial score (nSPS) is 9.13. The van der Waals surface area contributed by atoms with E-state index in [4.69, 9.17) is 19.3 Å². The predicted molar refractivity (Wildman–Crippen MR) is 62.1 cm³/mol. The van der Waals surface area contributed by atoms with Gasteiger partial charge in [0.2, 0.25) is 0 Å². The molecule has 0 fully saturated rings. The molecule has 0 aliphatic rings. The lowest BCUT2D eigenvalue weighted by Gasteiger charge is -1.97. The van der Waals surface area contributed by atoms with Crippen LogP contribution >= 0.6 is 0 Å². The molecule has 0 bridgehead atoms. The zero-order valence-electron chi connectivity index (χ0n) is 7.96. The molecular weight excluding hydrogens is 182 g/mol. The van der Waals surface area contributed by atoms with Crippen molar-refractivity contribution in [2.45, 2.75) is 0 Å². The van der Waals surface area contributed by atoms with Crippen LogP contribution in [-0.4, -0.2) is 4.98 Å². The summed E-state index contributed by atoms with van der Waals surface area (Å²) in [4.78, 5) is 3.07.